The zero-order valence-corrected chi connectivity index (χ0v) is 8.73. The Labute approximate surface area is 84.3 Å². The lowest BCUT2D eigenvalue weighted by Gasteiger charge is -2.00. The molecule has 0 aliphatic rings. The first-order chi connectivity index (χ1) is 6.83. The van der Waals surface area contributed by atoms with E-state index in [1.807, 2.05) is 28.5 Å². The Morgan fingerprint density at radius 2 is 2.36 bits per heavy atom. The summed E-state index contributed by atoms with van der Waals surface area (Å²) >= 11 is 0. The number of rotatable bonds is 5. The Morgan fingerprint density at radius 3 is 2.93 bits per heavy atom. The molecule has 0 saturated heterocycles. The van der Waals surface area contributed by atoms with Crippen LogP contribution < -0.4 is 4.57 Å². The zero-order chi connectivity index (χ0) is 10.4. The summed E-state index contributed by atoms with van der Waals surface area (Å²) in [4.78, 5) is 0. The molecule has 0 unspecified atom stereocenters. The Hall–Kier alpha value is -1.34. The van der Waals surface area contributed by atoms with Gasteiger partial charge in [0.2, 0.25) is 0 Å². The second-order valence-electron chi connectivity index (χ2n) is 2.95. The van der Waals surface area contributed by atoms with Crippen LogP contribution in [0.4, 0.5) is 0 Å². The van der Waals surface area contributed by atoms with E-state index in [4.69, 9.17) is 10.00 Å². The molecule has 0 bridgehead atoms. The van der Waals surface area contributed by atoms with E-state index in [2.05, 4.69) is 13.0 Å². The maximum absolute atomic E-state index is 8.61. The SMILES string of the molecule is CCOC[n+]1ccn(CC#N)c1CC. The van der Waals surface area contributed by atoms with Crippen LogP contribution in [0.1, 0.15) is 19.7 Å². The molecule has 0 aliphatic heterocycles. The second kappa shape index (κ2) is 5.40. The van der Waals surface area contributed by atoms with Crippen LogP contribution in [0.5, 0.6) is 0 Å². The average Bonchev–Trinajstić information content (AvgIpc) is 2.58. The molecule has 1 aromatic rings. The van der Waals surface area contributed by atoms with Gasteiger partial charge in [0.15, 0.2) is 13.3 Å². The standard InChI is InChI=1S/C10H16N3O/c1-3-10-12(6-5-11)7-8-13(10)9-14-4-2/h7-8H,3-4,6,9H2,1-2H3/q+1. The fourth-order valence-electron chi connectivity index (χ4n) is 1.43. The van der Waals surface area contributed by atoms with Crippen molar-refractivity contribution >= 4 is 0 Å². The van der Waals surface area contributed by atoms with Crippen LogP contribution in [-0.2, 0) is 24.4 Å². The number of nitrogens with zero attached hydrogens (tertiary/aromatic N) is 3. The molecule has 0 spiro atoms. The van der Waals surface area contributed by atoms with Crippen molar-refractivity contribution < 1.29 is 9.30 Å². The van der Waals surface area contributed by atoms with Crippen LogP contribution in [0.2, 0.25) is 0 Å². The highest BCUT2D eigenvalue weighted by Gasteiger charge is 2.13. The highest BCUT2D eigenvalue weighted by atomic mass is 16.5. The van der Waals surface area contributed by atoms with Gasteiger partial charge in [-0.3, -0.25) is 0 Å². The average molecular weight is 194 g/mol. The van der Waals surface area contributed by atoms with Crippen molar-refractivity contribution in [3.8, 4) is 6.07 Å². The third-order valence-electron chi connectivity index (χ3n) is 2.08. The summed E-state index contributed by atoms with van der Waals surface area (Å²) in [6.07, 6.45) is 4.77. The fourth-order valence-corrected chi connectivity index (χ4v) is 1.43. The summed E-state index contributed by atoms with van der Waals surface area (Å²) in [5, 5.41) is 8.61. The number of ether oxygens (including phenoxy) is 1. The minimum atomic E-state index is 0.405. The van der Waals surface area contributed by atoms with Gasteiger partial charge < -0.3 is 4.74 Å². The summed E-state index contributed by atoms with van der Waals surface area (Å²) in [6, 6.07) is 2.14. The molecule has 0 saturated carbocycles. The first-order valence-corrected chi connectivity index (χ1v) is 4.85. The molecule has 0 aliphatic carbocycles. The number of nitriles is 1. The Balaban J connectivity index is 2.79. The maximum Gasteiger partial charge on any atom is 0.258 e. The molecule has 1 aromatic heterocycles. The predicted octanol–water partition coefficient (Wildman–Crippen LogP) is 0.856. The third kappa shape index (κ3) is 2.33. The molecule has 0 radical (unpaired) electrons. The van der Waals surface area contributed by atoms with E-state index < -0.39 is 0 Å². The molecular weight excluding hydrogens is 178 g/mol. The van der Waals surface area contributed by atoms with Gasteiger partial charge in [0.1, 0.15) is 18.5 Å². The van der Waals surface area contributed by atoms with Gasteiger partial charge in [0, 0.05) is 13.0 Å². The Morgan fingerprint density at radius 1 is 1.57 bits per heavy atom. The fraction of sp³-hybridized carbons (Fsp3) is 0.600. The summed E-state index contributed by atoms with van der Waals surface area (Å²) in [5.41, 5.74) is 0. The summed E-state index contributed by atoms with van der Waals surface area (Å²) < 4.78 is 9.29. The molecule has 14 heavy (non-hydrogen) atoms. The Kier molecular flexibility index (Phi) is 4.14. The van der Waals surface area contributed by atoms with Gasteiger partial charge in [-0.05, 0) is 6.92 Å². The van der Waals surface area contributed by atoms with Crippen LogP contribution in [0, 0.1) is 11.3 Å². The molecule has 1 rings (SSSR count). The van der Waals surface area contributed by atoms with Gasteiger partial charge in [-0.25, -0.2) is 9.13 Å². The summed E-state index contributed by atoms with van der Waals surface area (Å²) in [7, 11) is 0. The van der Waals surface area contributed by atoms with Crippen molar-refractivity contribution in [3.63, 3.8) is 0 Å². The lowest BCUT2D eigenvalue weighted by molar-refractivity contribution is -0.738. The first kappa shape index (κ1) is 10.7. The number of hydrogen-bond donors (Lipinski definition) is 0. The van der Waals surface area contributed by atoms with Crippen LogP contribution in [-0.4, -0.2) is 11.2 Å². The minimum Gasteiger partial charge on any atom is -0.342 e. The van der Waals surface area contributed by atoms with E-state index >= 15 is 0 Å². The van der Waals surface area contributed by atoms with Crippen molar-refractivity contribution in [2.75, 3.05) is 6.61 Å². The van der Waals surface area contributed by atoms with Crippen molar-refractivity contribution in [1.82, 2.24) is 4.57 Å². The molecule has 1 heterocycles. The predicted molar refractivity (Wildman–Crippen MR) is 51.2 cm³/mol. The Bertz CT molecular complexity index is 325. The molecule has 0 atom stereocenters. The van der Waals surface area contributed by atoms with E-state index in [0.29, 0.717) is 19.9 Å². The number of imidazole rings is 1. The largest absolute Gasteiger partial charge is 0.342 e. The molecule has 4 heteroatoms. The molecular formula is C10H16N3O+. The normalized spacial score (nSPS) is 10.1. The van der Waals surface area contributed by atoms with E-state index in [0.717, 1.165) is 12.2 Å². The monoisotopic (exact) mass is 194 g/mol. The van der Waals surface area contributed by atoms with Crippen molar-refractivity contribution in [3.05, 3.63) is 18.2 Å². The van der Waals surface area contributed by atoms with Gasteiger partial charge in [-0.15, -0.1) is 0 Å². The van der Waals surface area contributed by atoms with Gasteiger partial charge in [0.25, 0.3) is 5.82 Å². The smallest absolute Gasteiger partial charge is 0.258 e. The van der Waals surface area contributed by atoms with Gasteiger partial charge in [-0.2, -0.15) is 5.26 Å². The van der Waals surface area contributed by atoms with Crippen molar-refractivity contribution in [2.24, 2.45) is 0 Å². The zero-order valence-electron chi connectivity index (χ0n) is 8.73. The molecule has 4 nitrogen and oxygen atoms in total. The van der Waals surface area contributed by atoms with Crippen LogP contribution in [0.3, 0.4) is 0 Å². The molecule has 76 valence electrons. The lowest BCUT2D eigenvalue weighted by Crippen LogP contribution is -2.38. The highest BCUT2D eigenvalue weighted by molar-refractivity contribution is 4.87. The topological polar surface area (TPSA) is 41.8 Å². The van der Waals surface area contributed by atoms with E-state index in [1.54, 1.807) is 0 Å². The van der Waals surface area contributed by atoms with Crippen molar-refractivity contribution in [1.29, 1.82) is 5.26 Å². The van der Waals surface area contributed by atoms with Gasteiger partial charge >= 0.3 is 0 Å². The van der Waals surface area contributed by atoms with Crippen LogP contribution >= 0.6 is 0 Å². The summed E-state index contributed by atoms with van der Waals surface area (Å²) in [5.74, 6) is 1.13. The van der Waals surface area contributed by atoms with E-state index in [9.17, 15) is 0 Å². The van der Waals surface area contributed by atoms with E-state index in [-0.39, 0.29) is 0 Å². The minimum absolute atomic E-state index is 0.405. The lowest BCUT2D eigenvalue weighted by atomic mass is 10.4. The summed E-state index contributed by atoms with van der Waals surface area (Å²) in [6.45, 7) is 5.73. The second-order valence-corrected chi connectivity index (χ2v) is 2.95. The first-order valence-electron chi connectivity index (χ1n) is 4.85. The molecule has 0 amide bonds. The number of hydrogen-bond acceptors (Lipinski definition) is 2. The number of aromatic nitrogens is 2. The molecule has 0 aromatic carbocycles. The van der Waals surface area contributed by atoms with Crippen LogP contribution in [0.15, 0.2) is 12.4 Å². The van der Waals surface area contributed by atoms with E-state index in [1.165, 1.54) is 0 Å². The highest BCUT2D eigenvalue weighted by Crippen LogP contribution is 1.96. The van der Waals surface area contributed by atoms with Gasteiger partial charge in [-0.1, -0.05) is 6.92 Å². The molecule has 0 fully saturated rings. The third-order valence-corrected chi connectivity index (χ3v) is 2.08. The molecule has 0 N–H and O–H groups in total. The maximum atomic E-state index is 8.61. The quantitative estimate of drug-likeness (QED) is 0.652. The van der Waals surface area contributed by atoms with Crippen LogP contribution in [0.25, 0.3) is 0 Å². The van der Waals surface area contributed by atoms with Crippen molar-refractivity contribution in [2.45, 2.75) is 33.5 Å². The van der Waals surface area contributed by atoms with Gasteiger partial charge in [0.05, 0.1) is 0 Å².